The van der Waals surface area contributed by atoms with E-state index in [0.29, 0.717) is 0 Å². The molecule has 9 aromatic rings. The molecule has 73 heavy (non-hydrogen) atoms. The van der Waals surface area contributed by atoms with Gasteiger partial charge in [0.1, 0.15) is 34.9 Å². The maximum atomic E-state index is 13.2. The molecule has 10 rings (SSSR count). The molecule has 0 amide bonds. The second-order valence-corrected chi connectivity index (χ2v) is 23.0. The van der Waals surface area contributed by atoms with Crippen LogP contribution in [-0.4, -0.2) is 4.98 Å². The molecule has 1 fully saturated rings. The van der Waals surface area contributed by atoms with Crippen LogP contribution < -0.4 is 47.9 Å². The van der Waals surface area contributed by atoms with Crippen molar-refractivity contribution in [3.8, 4) is 0 Å². The van der Waals surface area contributed by atoms with Crippen molar-refractivity contribution in [3.63, 3.8) is 0 Å². The summed E-state index contributed by atoms with van der Waals surface area (Å²) in [6, 6.07) is 63.7. The number of benzene rings is 8. The number of rotatable bonds is 11. The largest absolute Gasteiger partial charge is 0.256 e. The van der Waals surface area contributed by atoms with E-state index in [2.05, 4.69) is 98.3 Å². The topological polar surface area (TPSA) is 12.9 Å². The van der Waals surface area contributed by atoms with Crippen LogP contribution in [0.1, 0.15) is 31.2 Å². The SMILES string of the molecule is Fc1ccc(P(c2ccc(F)cc2)c2ccc(F)cc2)cc1.Fc1ccc(P(c2ccc(F)cc2)c2ccc(F)cc2)cc1.[Cu][I].[Cu][I].c1ccc(P(c2ccccc2)c2cc(CC3CCCC3)ccn2)cc1. The fourth-order valence-corrected chi connectivity index (χ4v) is 15.0. The van der Waals surface area contributed by atoms with E-state index >= 15 is 0 Å². The standard InChI is InChI=1S/C23H24NP.2C18H12F3P.2Cu.2HI/c1-3-11-21(12-4-1)25(22-13-5-2-6-14-22)23-18-20(15-16-24-23)17-19-9-7-8-10-19;2*19-13-1-7-16(8-2-13)22(17-9-3-14(20)4-10-17)18-11-5-15(21)6-12-18;;;;/h1-6,11-16,18-19H,7-10,17H2;2*1-12H;;;2*1H/q;;;2*+1;;/p-2. The van der Waals surface area contributed by atoms with Crippen molar-refractivity contribution in [1.82, 2.24) is 4.98 Å². The molecule has 0 saturated heterocycles. The Morgan fingerprint density at radius 2 is 0.616 bits per heavy atom. The van der Waals surface area contributed by atoms with Gasteiger partial charge in [-0.15, -0.1) is 0 Å². The van der Waals surface area contributed by atoms with Gasteiger partial charge in [0.05, 0.1) is 5.44 Å². The molecule has 1 aliphatic carbocycles. The first-order valence-corrected chi connectivity index (χ1v) is 33.0. The van der Waals surface area contributed by atoms with Gasteiger partial charge in [-0.25, -0.2) is 26.3 Å². The molecular weight excluding hydrogens is 1310 g/mol. The number of nitrogens with zero attached hydrogens (tertiary/aromatic N) is 1. The van der Waals surface area contributed by atoms with Gasteiger partial charge in [-0.1, -0.05) is 159 Å². The van der Waals surface area contributed by atoms with Crippen LogP contribution in [0.3, 0.4) is 0 Å². The van der Waals surface area contributed by atoms with E-state index < -0.39 is 23.8 Å². The first-order chi connectivity index (χ1) is 35.7. The number of hydrogen-bond donors (Lipinski definition) is 0. The van der Waals surface area contributed by atoms with Gasteiger partial charge in [0.15, 0.2) is 0 Å². The zero-order valence-electron chi connectivity index (χ0n) is 38.9. The van der Waals surface area contributed by atoms with Gasteiger partial charge in [-0.05, 0) is 161 Å². The molecule has 1 aromatic heterocycles. The molecule has 14 heteroatoms. The molecule has 0 bridgehead atoms. The second-order valence-electron chi connectivity index (χ2n) is 16.4. The Hall–Kier alpha value is -3.72. The van der Waals surface area contributed by atoms with Gasteiger partial charge in [-0.2, -0.15) is 0 Å². The van der Waals surface area contributed by atoms with E-state index in [0.717, 1.165) is 37.7 Å². The average molecular weight is 1360 g/mol. The minimum absolute atomic E-state index is 0.308. The molecule has 0 N–H and O–H groups in total. The Bertz CT molecular complexity index is 2590. The third-order valence-electron chi connectivity index (χ3n) is 11.6. The summed E-state index contributed by atoms with van der Waals surface area (Å²) >= 11 is 11.7. The molecule has 0 aliphatic heterocycles. The molecular formula is C59H48Cu2F6I2NP3. The fourth-order valence-electron chi connectivity index (χ4n) is 8.26. The van der Waals surface area contributed by atoms with Crippen LogP contribution in [0, 0.1) is 40.8 Å². The minimum Gasteiger partial charge on any atom is -0.256 e. The maximum Gasteiger partial charge on any atom is 0.0723 e. The Morgan fingerprint density at radius 1 is 0.356 bits per heavy atom. The smallest absolute Gasteiger partial charge is 0.0723 e. The van der Waals surface area contributed by atoms with Crippen molar-refractivity contribution in [2.75, 3.05) is 0 Å². The summed E-state index contributed by atoms with van der Waals surface area (Å²) in [4.78, 5) is 4.80. The first-order valence-electron chi connectivity index (χ1n) is 22.9. The summed E-state index contributed by atoms with van der Waals surface area (Å²) in [5.41, 5.74) is 2.68. The summed E-state index contributed by atoms with van der Waals surface area (Å²) in [5.74, 6) is -0.980. The van der Waals surface area contributed by atoms with E-state index in [-0.39, 0.29) is 34.9 Å². The van der Waals surface area contributed by atoms with Gasteiger partial charge in [0, 0.05) is 14.1 Å². The summed E-state index contributed by atoms with van der Waals surface area (Å²) < 4.78 is 79.0. The minimum atomic E-state index is -0.983. The Labute approximate surface area is 467 Å². The van der Waals surface area contributed by atoms with Crippen LogP contribution in [0.5, 0.6) is 0 Å². The first kappa shape index (κ1) is 58.5. The summed E-state index contributed by atoms with van der Waals surface area (Å²) in [7, 11) is -2.56. The fraction of sp³-hybridized carbons (Fsp3) is 0.102. The summed E-state index contributed by atoms with van der Waals surface area (Å²) in [5, 5.41) is 8.29. The van der Waals surface area contributed by atoms with E-state index in [1.54, 1.807) is 113 Å². The van der Waals surface area contributed by atoms with Crippen molar-refractivity contribution in [2.45, 2.75) is 32.1 Å². The maximum absolute atomic E-state index is 13.2. The Morgan fingerprint density at radius 3 is 0.890 bits per heavy atom. The van der Waals surface area contributed by atoms with Crippen molar-refractivity contribution in [2.24, 2.45) is 5.92 Å². The zero-order valence-corrected chi connectivity index (χ0v) is 47.8. The van der Waals surface area contributed by atoms with Gasteiger partial charge in [0.25, 0.3) is 0 Å². The van der Waals surface area contributed by atoms with Gasteiger partial charge in [0.2, 0.25) is 0 Å². The molecule has 8 aromatic carbocycles. The van der Waals surface area contributed by atoms with Crippen LogP contribution in [0.2, 0.25) is 0 Å². The van der Waals surface area contributed by atoms with E-state index in [9.17, 15) is 26.3 Å². The Balaban J connectivity index is 0.000000173. The van der Waals surface area contributed by atoms with Crippen LogP contribution in [0.4, 0.5) is 26.3 Å². The predicted molar refractivity (Wildman–Crippen MR) is 307 cm³/mol. The molecule has 1 nitrogen and oxygen atoms in total. The molecule has 0 unspecified atom stereocenters. The van der Waals surface area contributed by atoms with Gasteiger partial charge in [-0.3, -0.25) is 4.98 Å². The molecule has 0 radical (unpaired) electrons. The normalized spacial score (nSPS) is 11.9. The van der Waals surface area contributed by atoms with E-state index in [1.165, 1.54) is 127 Å². The monoisotopic (exact) mass is 1360 g/mol. The van der Waals surface area contributed by atoms with Gasteiger partial charge >= 0.3 is 66.2 Å². The molecule has 382 valence electrons. The molecule has 1 heterocycles. The Kier molecular flexibility index (Phi) is 25.1. The van der Waals surface area contributed by atoms with Crippen molar-refractivity contribution >= 4 is 112 Å². The van der Waals surface area contributed by atoms with Crippen molar-refractivity contribution in [1.29, 1.82) is 0 Å². The van der Waals surface area contributed by atoms with Gasteiger partial charge < -0.3 is 0 Å². The van der Waals surface area contributed by atoms with Crippen LogP contribution in [0.15, 0.2) is 225 Å². The number of pyridine rings is 1. The number of aromatic nitrogens is 1. The predicted octanol–water partition coefficient (Wildman–Crippen LogP) is 14.1. The molecule has 0 atom stereocenters. The third-order valence-corrected chi connectivity index (χ3v) is 18.8. The third kappa shape index (κ3) is 17.9. The summed E-state index contributed by atoms with van der Waals surface area (Å²) in [6.45, 7) is 0. The quantitative estimate of drug-likeness (QED) is 0.0544. The van der Waals surface area contributed by atoms with Crippen LogP contribution >= 0.6 is 64.5 Å². The number of halogens is 8. The molecule has 0 spiro atoms. The molecule has 1 saturated carbocycles. The van der Waals surface area contributed by atoms with Crippen LogP contribution in [-0.2, 0) is 31.9 Å². The van der Waals surface area contributed by atoms with Crippen LogP contribution in [0.25, 0.3) is 0 Å². The molecule has 1 aliphatic rings. The number of hydrogen-bond acceptors (Lipinski definition) is 1. The van der Waals surface area contributed by atoms with E-state index in [1.807, 2.05) is 6.20 Å². The van der Waals surface area contributed by atoms with Crippen molar-refractivity contribution < 1.29 is 51.9 Å². The van der Waals surface area contributed by atoms with Crippen molar-refractivity contribution in [3.05, 3.63) is 265 Å². The zero-order chi connectivity index (χ0) is 52.0. The average Bonchev–Trinajstić information content (AvgIpc) is 3.95. The summed E-state index contributed by atoms with van der Waals surface area (Å²) in [6.07, 6.45) is 8.82. The van der Waals surface area contributed by atoms with E-state index in [4.69, 9.17) is 4.98 Å². The second kappa shape index (κ2) is 31.4.